The van der Waals surface area contributed by atoms with E-state index in [1.54, 1.807) is 0 Å². The Morgan fingerprint density at radius 1 is 1.19 bits per heavy atom. The van der Waals surface area contributed by atoms with Crippen LogP contribution in [0.25, 0.3) is 0 Å². The molecule has 0 unspecified atom stereocenters. The van der Waals surface area contributed by atoms with Crippen molar-refractivity contribution < 1.29 is 18.0 Å². The third-order valence-corrected chi connectivity index (χ3v) is 5.26. The molecule has 7 heteroatoms. The number of hydrogen-bond acceptors (Lipinski definition) is 4. The Morgan fingerprint density at radius 2 is 1.86 bits per heavy atom. The number of nitrogens with zero attached hydrogens (tertiary/aromatic N) is 2. The molecule has 120 valence electrons. The van der Waals surface area contributed by atoms with Crippen LogP contribution >= 0.6 is 0 Å². The lowest BCUT2D eigenvalue weighted by Crippen LogP contribution is -2.55. The van der Waals surface area contributed by atoms with E-state index in [0.29, 0.717) is 19.1 Å². The molecule has 2 aliphatic rings. The zero-order chi connectivity index (χ0) is 15.5. The minimum absolute atomic E-state index is 0.000792. The van der Waals surface area contributed by atoms with Gasteiger partial charge in [0, 0.05) is 31.8 Å². The third kappa shape index (κ3) is 4.69. The van der Waals surface area contributed by atoms with E-state index in [1.165, 1.54) is 24.2 Å². The molecule has 2 fully saturated rings. The van der Waals surface area contributed by atoms with Crippen molar-refractivity contribution in [1.29, 1.82) is 0 Å². The third-order valence-electron chi connectivity index (χ3n) is 4.31. The van der Waals surface area contributed by atoms with Gasteiger partial charge in [0.15, 0.2) is 0 Å². The Bertz CT molecular complexity index is 497. The predicted octanol–water partition coefficient (Wildman–Crippen LogP) is 0.425. The number of rotatable bonds is 4. The highest BCUT2D eigenvalue weighted by molar-refractivity contribution is 7.90. The summed E-state index contributed by atoms with van der Waals surface area (Å²) in [6, 6.07) is 0.333. The summed E-state index contributed by atoms with van der Waals surface area (Å²) in [7, 11) is -3.14. The van der Waals surface area contributed by atoms with E-state index in [1.807, 2.05) is 4.90 Å². The minimum atomic E-state index is -3.14. The minimum Gasteiger partial charge on any atom is -0.336 e. The zero-order valence-corrected chi connectivity index (χ0v) is 13.4. The van der Waals surface area contributed by atoms with Gasteiger partial charge in [0.25, 0.3) is 0 Å². The highest BCUT2D eigenvalue weighted by atomic mass is 32.2. The fraction of sp³-hybridized carbons (Fsp3) is 0.857. The maximum atomic E-state index is 12.2. The van der Waals surface area contributed by atoms with Gasteiger partial charge in [-0.15, -0.1) is 0 Å². The number of hydrogen-bond donors (Lipinski definition) is 0. The molecule has 0 atom stereocenters. The number of carbonyl (C=O) groups excluding carboxylic acids is 2. The number of piperazine rings is 1. The molecule has 2 rings (SSSR count). The van der Waals surface area contributed by atoms with Crippen molar-refractivity contribution in [2.24, 2.45) is 0 Å². The predicted molar refractivity (Wildman–Crippen MR) is 79.5 cm³/mol. The van der Waals surface area contributed by atoms with E-state index < -0.39 is 9.84 Å². The van der Waals surface area contributed by atoms with Crippen molar-refractivity contribution in [2.45, 2.75) is 44.6 Å². The summed E-state index contributed by atoms with van der Waals surface area (Å²) in [5.74, 6) is -0.388. The van der Waals surface area contributed by atoms with Gasteiger partial charge in [0.05, 0.1) is 12.3 Å². The largest absolute Gasteiger partial charge is 0.336 e. The molecule has 1 saturated heterocycles. The molecule has 21 heavy (non-hydrogen) atoms. The van der Waals surface area contributed by atoms with Crippen molar-refractivity contribution in [3.05, 3.63) is 0 Å². The van der Waals surface area contributed by atoms with Crippen molar-refractivity contribution >= 4 is 21.7 Å². The molecule has 0 aromatic carbocycles. The number of carbonyl (C=O) groups is 2. The first-order valence-corrected chi connectivity index (χ1v) is 9.68. The Kier molecular flexibility index (Phi) is 5.24. The van der Waals surface area contributed by atoms with E-state index in [-0.39, 0.29) is 30.5 Å². The van der Waals surface area contributed by atoms with E-state index in [4.69, 9.17) is 0 Å². The van der Waals surface area contributed by atoms with Crippen LogP contribution in [0.1, 0.15) is 38.5 Å². The summed E-state index contributed by atoms with van der Waals surface area (Å²) in [5, 5.41) is 0. The zero-order valence-electron chi connectivity index (χ0n) is 12.6. The monoisotopic (exact) mass is 316 g/mol. The second-order valence-electron chi connectivity index (χ2n) is 6.07. The van der Waals surface area contributed by atoms with Crippen LogP contribution in [0.3, 0.4) is 0 Å². The van der Waals surface area contributed by atoms with Crippen LogP contribution in [0.2, 0.25) is 0 Å². The van der Waals surface area contributed by atoms with Crippen LogP contribution in [0.4, 0.5) is 0 Å². The Morgan fingerprint density at radius 3 is 2.43 bits per heavy atom. The first-order valence-electron chi connectivity index (χ1n) is 7.62. The molecule has 0 N–H and O–H groups in total. The lowest BCUT2D eigenvalue weighted by Gasteiger charge is -2.40. The SMILES string of the molecule is CS(=O)(=O)CCC(=O)N1CCN(C2CCCCC2)C(=O)C1. The first-order chi connectivity index (χ1) is 9.87. The lowest BCUT2D eigenvalue weighted by atomic mass is 9.93. The first kappa shape index (κ1) is 16.3. The van der Waals surface area contributed by atoms with Gasteiger partial charge in [0.1, 0.15) is 9.84 Å². The van der Waals surface area contributed by atoms with Crippen molar-refractivity contribution in [2.75, 3.05) is 31.6 Å². The molecule has 1 aliphatic carbocycles. The molecular formula is C14H24N2O4S. The lowest BCUT2D eigenvalue weighted by molar-refractivity contribution is -0.147. The molecule has 0 bridgehead atoms. The quantitative estimate of drug-likeness (QED) is 0.753. The van der Waals surface area contributed by atoms with E-state index in [0.717, 1.165) is 19.1 Å². The van der Waals surface area contributed by atoms with E-state index in [2.05, 4.69) is 0 Å². The van der Waals surface area contributed by atoms with Crippen molar-refractivity contribution in [3.63, 3.8) is 0 Å². The smallest absolute Gasteiger partial charge is 0.242 e. The van der Waals surface area contributed by atoms with Crippen LogP contribution < -0.4 is 0 Å². The molecule has 1 saturated carbocycles. The standard InChI is InChI=1S/C14H24N2O4S/c1-21(19,20)10-7-13(17)15-8-9-16(14(18)11-15)12-5-3-2-4-6-12/h12H,2-11H2,1H3. The van der Waals surface area contributed by atoms with E-state index >= 15 is 0 Å². The van der Waals surface area contributed by atoms with Gasteiger partial charge in [-0.05, 0) is 12.8 Å². The molecule has 6 nitrogen and oxygen atoms in total. The summed E-state index contributed by atoms with van der Waals surface area (Å²) >= 11 is 0. The molecular weight excluding hydrogens is 292 g/mol. The molecule has 1 heterocycles. The maximum Gasteiger partial charge on any atom is 0.242 e. The van der Waals surface area contributed by atoms with Crippen LogP contribution in [0.5, 0.6) is 0 Å². The number of amides is 2. The maximum absolute atomic E-state index is 12.2. The molecule has 0 radical (unpaired) electrons. The molecule has 1 aliphatic heterocycles. The highest BCUT2D eigenvalue weighted by Gasteiger charge is 2.32. The highest BCUT2D eigenvalue weighted by Crippen LogP contribution is 2.24. The Hall–Kier alpha value is -1.11. The molecule has 0 aromatic heterocycles. The van der Waals surface area contributed by atoms with Crippen LogP contribution in [-0.4, -0.2) is 67.7 Å². The molecule has 2 amide bonds. The molecule has 0 aromatic rings. The van der Waals surface area contributed by atoms with Crippen LogP contribution in [0.15, 0.2) is 0 Å². The van der Waals surface area contributed by atoms with Gasteiger partial charge in [-0.1, -0.05) is 19.3 Å². The Balaban J connectivity index is 1.85. The fourth-order valence-electron chi connectivity index (χ4n) is 3.11. The average Bonchev–Trinajstić information content (AvgIpc) is 2.45. The Labute approximate surface area is 126 Å². The molecule has 0 spiro atoms. The second kappa shape index (κ2) is 6.77. The van der Waals surface area contributed by atoms with Gasteiger partial charge in [-0.3, -0.25) is 9.59 Å². The fourth-order valence-corrected chi connectivity index (χ4v) is 3.65. The van der Waals surface area contributed by atoms with E-state index in [9.17, 15) is 18.0 Å². The van der Waals surface area contributed by atoms with Crippen molar-refractivity contribution in [3.8, 4) is 0 Å². The van der Waals surface area contributed by atoms with Gasteiger partial charge in [0.2, 0.25) is 11.8 Å². The van der Waals surface area contributed by atoms with Crippen LogP contribution in [0, 0.1) is 0 Å². The topological polar surface area (TPSA) is 74.8 Å². The van der Waals surface area contributed by atoms with Crippen LogP contribution in [-0.2, 0) is 19.4 Å². The number of sulfone groups is 1. The summed E-state index contributed by atoms with van der Waals surface area (Å²) in [4.78, 5) is 27.6. The average molecular weight is 316 g/mol. The summed E-state index contributed by atoms with van der Waals surface area (Å²) in [6.07, 6.45) is 6.80. The second-order valence-corrected chi connectivity index (χ2v) is 8.33. The summed E-state index contributed by atoms with van der Waals surface area (Å²) in [6.45, 7) is 1.19. The van der Waals surface area contributed by atoms with Gasteiger partial charge >= 0.3 is 0 Å². The van der Waals surface area contributed by atoms with Crippen molar-refractivity contribution in [1.82, 2.24) is 9.80 Å². The summed E-state index contributed by atoms with van der Waals surface area (Å²) < 4.78 is 22.2. The normalized spacial score (nSPS) is 21.7. The van der Waals surface area contributed by atoms with Gasteiger partial charge < -0.3 is 9.80 Å². The summed E-state index contributed by atoms with van der Waals surface area (Å²) in [5.41, 5.74) is 0. The van der Waals surface area contributed by atoms with Gasteiger partial charge in [-0.2, -0.15) is 0 Å². The van der Waals surface area contributed by atoms with Gasteiger partial charge in [-0.25, -0.2) is 8.42 Å².